The van der Waals surface area contributed by atoms with E-state index in [2.05, 4.69) is 62.3 Å². The number of rotatable bonds is 4. The van der Waals surface area contributed by atoms with Crippen molar-refractivity contribution >= 4 is 11.3 Å². The predicted molar refractivity (Wildman–Crippen MR) is 78.0 cm³/mol. The maximum Gasteiger partial charge on any atom is 0.109 e. The van der Waals surface area contributed by atoms with Crippen LogP contribution >= 0.6 is 11.3 Å². The molecular formula is C15H20N2S. The van der Waals surface area contributed by atoms with Crippen molar-refractivity contribution in [3.8, 4) is 0 Å². The molecule has 0 amide bonds. The summed E-state index contributed by atoms with van der Waals surface area (Å²) in [5.74, 6) is 0. The Morgan fingerprint density at radius 3 is 2.44 bits per heavy atom. The van der Waals surface area contributed by atoms with E-state index in [9.17, 15) is 0 Å². The summed E-state index contributed by atoms with van der Waals surface area (Å²) in [5, 5.41) is 4.77. The van der Waals surface area contributed by atoms with E-state index in [4.69, 9.17) is 0 Å². The van der Waals surface area contributed by atoms with Crippen LogP contribution in [-0.2, 0) is 0 Å². The molecule has 18 heavy (non-hydrogen) atoms. The quantitative estimate of drug-likeness (QED) is 0.892. The highest BCUT2D eigenvalue weighted by Crippen LogP contribution is 2.24. The average molecular weight is 260 g/mol. The number of nitrogens with zero attached hydrogens (tertiary/aromatic N) is 1. The summed E-state index contributed by atoms with van der Waals surface area (Å²) in [4.78, 5) is 5.71. The van der Waals surface area contributed by atoms with Crippen LogP contribution in [0.25, 0.3) is 0 Å². The van der Waals surface area contributed by atoms with Crippen molar-refractivity contribution in [2.45, 2.75) is 39.8 Å². The van der Waals surface area contributed by atoms with Crippen LogP contribution in [0, 0.1) is 13.8 Å². The SMILES string of the molecule is Cc1cnc(C(C)NC(C)c2ccccc2C)s1. The third-order valence-corrected chi connectivity index (χ3v) is 4.26. The molecule has 0 spiro atoms. The zero-order chi connectivity index (χ0) is 13.1. The Bertz CT molecular complexity index is 519. The van der Waals surface area contributed by atoms with Gasteiger partial charge < -0.3 is 5.32 Å². The van der Waals surface area contributed by atoms with Gasteiger partial charge >= 0.3 is 0 Å². The van der Waals surface area contributed by atoms with Crippen molar-refractivity contribution < 1.29 is 0 Å². The molecule has 0 aliphatic rings. The Hall–Kier alpha value is -1.19. The number of nitrogens with one attached hydrogen (secondary N) is 1. The standard InChI is InChI=1S/C15H20N2S/c1-10-7-5-6-8-14(10)12(3)17-13(4)15-16-9-11(2)18-15/h5-9,12-13,17H,1-4H3. The van der Waals surface area contributed by atoms with E-state index in [1.807, 2.05) is 6.20 Å². The normalized spacial score (nSPS) is 14.4. The highest BCUT2D eigenvalue weighted by Gasteiger charge is 2.14. The van der Waals surface area contributed by atoms with Gasteiger partial charge in [0.05, 0.1) is 6.04 Å². The van der Waals surface area contributed by atoms with Crippen molar-refractivity contribution in [3.05, 3.63) is 51.5 Å². The van der Waals surface area contributed by atoms with Crippen LogP contribution in [0.3, 0.4) is 0 Å². The second kappa shape index (κ2) is 5.63. The third-order valence-electron chi connectivity index (χ3n) is 3.16. The second-order valence-corrected chi connectivity index (χ2v) is 6.04. The lowest BCUT2D eigenvalue weighted by atomic mass is 10.0. The molecule has 2 aromatic rings. The summed E-state index contributed by atoms with van der Waals surface area (Å²) in [6, 6.07) is 9.15. The van der Waals surface area contributed by atoms with Gasteiger partial charge in [-0.3, -0.25) is 0 Å². The number of thiazole rings is 1. The molecule has 2 unspecified atom stereocenters. The molecular weight excluding hydrogens is 240 g/mol. The summed E-state index contributed by atoms with van der Waals surface area (Å²) in [7, 11) is 0. The van der Waals surface area contributed by atoms with Crippen LogP contribution in [0.1, 0.15) is 46.9 Å². The lowest BCUT2D eigenvalue weighted by molar-refractivity contribution is 0.491. The fraction of sp³-hybridized carbons (Fsp3) is 0.400. The first-order valence-corrected chi connectivity index (χ1v) is 7.13. The van der Waals surface area contributed by atoms with Crippen LogP contribution in [0.15, 0.2) is 30.5 Å². The number of aromatic nitrogens is 1. The first-order chi connectivity index (χ1) is 8.58. The van der Waals surface area contributed by atoms with Gasteiger partial charge in [-0.25, -0.2) is 4.98 Å². The molecule has 0 aliphatic carbocycles. The van der Waals surface area contributed by atoms with E-state index in [1.54, 1.807) is 11.3 Å². The van der Waals surface area contributed by atoms with Gasteiger partial charge in [0.25, 0.3) is 0 Å². The summed E-state index contributed by atoms with van der Waals surface area (Å²) >= 11 is 1.76. The molecule has 2 atom stereocenters. The van der Waals surface area contributed by atoms with E-state index in [1.165, 1.54) is 16.0 Å². The van der Waals surface area contributed by atoms with E-state index < -0.39 is 0 Å². The number of hydrogen-bond acceptors (Lipinski definition) is 3. The van der Waals surface area contributed by atoms with Gasteiger partial charge in [0.2, 0.25) is 0 Å². The Kier molecular flexibility index (Phi) is 4.15. The molecule has 3 heteroatoms. The molecule has 0 saturated carbocycles. The van der Waals surface area contributed by atoms with Crippen molar-refractivity contribution in [3.63, 3.8) is 0 Å². The van der Waals surface area contributed by atoms with Gasteiger partial charge in [0.1, 0.15) is 5.01 Å². The molecule has 0 fully saturated rings. The maximum absolute atomic E-state index is 4.44. The Labute approximate surface area is 113 Å². The smallest absolute Gasteiger partial charge is 0.109 e. The lowest BCUT2D eigenvalue weighted by Crippen LogP contribution is -2.22. The summed E-state index contributed by atoms with van der Waals surface area (Å²) in [6.45, 7) is 8.64. The zero-order valence-corrected chi connectivity index (χ0v) is 12.2. The average Bonchev–Trinajstić information content (AvgIpc) is 2.76. The van der Waals surface area contributed by atoms with Crippen LogP contribution < -0.4 is 5.32 Å². The number of benzene rings is 1. The Balaban J connectivity index is 2.08. The second-order valence-electron chi connectivity index (χ2n) is 4.78. The number of hydrogen-bond donors (Lipinski definition) is 1. The zero-order valence-electron chi connectivity index (χ0n) is 11.4. The molecule has 0 saturated heterocycles. The van der Waals surface area contributed by atoms with Gasteiger partial charge in [-0.15, -0.1) is 11.3 Å². The topological polar surface area (TPSA) is 24.9 Å². The molecule has 1 aromatic heterocycles. The van der Waals surface area contributed by atoms with Gasteiger partial charge in [-0.05, 0) is 38.8 Å². The van der Waals surface area contributed by atoms with Crippen LogP contribution in [0.4, 0.5) is 0 Å². The van der Waals surface area contributed by atoms with E-state index in [0.717, 1.165) is 5.01 Å². The van der Waals surface area contributed by atoms with Crippen molar-refractivity contribution in [2.24, 2.45) is 0 Å². The predicted octanol–water partition coefficient (Wildman–Crippen LogP) is 4.17. The molecule has 96 valence electrons. The summed E-state index contributed by atoms with van der Waals surface area (Å²) in [6.07, 6.45) is 1.94. The fourth-order valence-corrected chi connectivity index (χ4v) is 2.97. The third kappa shape index (κ3) is 2.98. The van der Waals surface area contributed by atoms with Crippen LogP contribution in [0.5, 0.6) is 0 Å². The van der Waals surface area contributed by atoms with Crippen LogP contribution in [0.2, 0.25) is 0 Å². The molecule has 0 aliphatic heterocycles. The van der Waals surface area contributed by atoms with Gasteiger partial charge in [-0.2, -0.15) is 0 Å². The van der Waals surface area contributed by atoms with Gasteiger partial charge in [-0.1, -0.05) is 24.3 Å². The van der Waals surface area contributed by atoms with Crippen molar-refractivity contribution in [2.75, 3.05) is 0 Å². The highest BCUT2D eigenvalue weighted by molar-refractivity contribution is 7.11. The van der Waals surface area contributed by atoms with E-state index in [-0.39, 0.29) is 0 Å². The Morgan fingerprint density at radius 1 is 1.11 bits per heavy atom. The minimum atomic E-state index is 0.290. The largest absolute Gasteiger partial charge is 0.302 e. The minimum Gasteiger partial charge on any atom is -0.302 e. The van der Waals surface area contributed by atoms with E-state index in [0.29, 0.717) is 12.1 Å². The van der Waals surface area contributed by atoms with Gasteiger partial charge in [0, 0.05) is 17.1 Å². The molecule has 0 radical (unpaired) electrons. The first kappa shape index (κ1) is 13.2. The Morgan fingerprint density at radius 2 is 1.83 bits per heavy atom. The highest BCUT2D eigenvalue weighted by atomic mass is 32.1. The van der Waals surface area contributed by atoms with Crippen molar-refractivity contribution in [1.82, 2.24) is 10.3 Å². The molecule has 1 N–H and O–H groups in total. The maximum atomic E-state index is 4.44. The fourth-order valence-electron chi connectivity index (χ4n) is 2.18. The summed E-state index contributed by atoms with van der Waals surface area (Å²) < 4.78 is 0. The first-order valence-electron chi connectivity index (χ1n) is 6.32. The van der Waals surface area contributed by atoms with E-state index >= 15 is 0 Å². The minimum absolute atomic E-state index is 0.290. The lowest BCUT2D eigenvalue weighted by Gasteiger charge is -2.20. The molecule has 0 bridgehead atoms. The molecule has 2 rings (SSSR count). The number of aryl methyl sites for hydroxylation is 2. The van der Waals surface area contributed by atoms with Crippen molar-refractivity contribution in [1.29, 1.82) is 0 Å². The van der Waals surface area contributed by atoms with Gasteiger partial charge in [0.15, 0.2) is 0 Å². The molecule has 2 nitrogen and oxygen atoms in total. The monoisotopic (exact) mass is 260 g/mol. The molecule has 1 heterocycles. The van der Waals surface area contributed by atoms with Crippen LogP contribution in [-0.4, -0.2) is 4.98 Å². The summed E-state index contributed by atoms with van der Waals surface area (Å²) in [5.41, 5.74) is 2.69. The molecule has 1 aromatic carbocycles.